The number of pyridine rings is 1. The van der Waals surface area contributed by atoms with E-state index in [9.17, 15) is 31.0 Å². The molecule has 2 heterocycles. The minimum Gasteiger partial charge on any atom is -0.493 e. The average Bonchev–Trinajstić information content (AvgIpc) is 3.01. The molecular formula is C21H22F5N3O4S. The number of hydrogen-bond donors (Lipinski definition) is 2. The van der Waals surface area contributed by atoms with Crippen LogP contribution in [0.4, 0.5) is 27.6 Å². The van der Waals surface area contributed by atoms with Gasteiger partial charge in [-0.05, 0) is 25.1 Å². The highest BCUT2D eigenvalue weighted by molar-refractivity contribution is 7.91. The van der Waals surface area contributed by atoms with E-state index in [4.69, 9.17) is 14.3 Å². The van der Waals surface area contributed by atoms with E-state index in [-0.39, 0.29) is 16.3 Å². The molecule has 0 radical (unpaired) electrons. The van der Waals surface area contributed by atoms with Crippen molar-refractivity contribution >= 4 is 21.3 Å². The van der Waals surface area contributed by atoms with E-state index in [0.717, 1.165) is 38.5 Å². The van der Waals surface area contributed by atoms with Gasteiger partial charge in [0.25, 0.3) is 5.91 Å². The largest absolute Gasteiger partial charge is 0.493 e. The zero-order chi connectivity index (χ0) is 25.6. The van der Waals surface area contributed by atoms with Gasteiger partial charge in [0.2, 0.25) is 5.82 Å². The molecular weight excluding hydrogens is 485 g/mol. The lowest BCUT2D eigenvalue weighted by Gasteiger charge is -2.32. The van der Waals surface area contributed by atoms with Crippen LogP contribution < -0.4 is 10.1 Å². The van der Waals surface area contributed by atoms with Crippen molar-refractivity contribution in [3.8, 4) is 5.75 Å². The summed E-state index contributed by atoms with van der Waals surface area (Å²) in [6.45, 7) is 1.98. The fourth-order valence-electron chi connectivity index (χ4n) is 3.95. The van der Waals surface area contributed by atoms with Crippen LogP contribution >= 0.6 is 0 Å². The number of carbonyl (C=O) groups is 1. The van der Waals surface area contributed by atoms with Crippen molar-refractivity contribution in [2.45, 2.75) is 42.7 Å². The van der Waals surface area contributed by atoms with Crippen LogP contribution in [0.5, 0.6) is 5.75 Å². The van der Waals surface area contributed by atoms with Gasteiger partial charge in [0, 0.05) is 35.5 Å². The first-order chi connectivity index (χ1) is 15.6. The Morgan fingerprint density at radius 2 is 1.94 bits per heavy atom. The highest BCUT2D eigenvalue weighted by Gasteiger charge is 2.65. The highest BCUT2D eigenvalue weighted by atomic mass is 32.2. The van der Waals surface area contributed by atoms with Gasteiger partial charge in [-0.1, -0.05) is 13.0 Å². The summed E-state index contributed by atoms with van der Waals surface area (Å²) in [6.07, 6.45) is -4.38. The molecule has 0 bridgehead atoms. The third-order valence-electron chi connectivity index (χ3n) is 5.97. The number of methoxy groups -OCH3 is 1. The van der Waals surface area contributed by atoms with Crippen LogP contribution in [0.1, 0.15) is 25.3 Å². The third-order valence-corrected chi connectivity index (χ3v) is 6.99. The molecule has 5 atom stereocenters. The quantitative estimate of drug-likeness (QED) is 0.581. The standard InChI is InChI=1S/C21H22F5N3O4S/c1-10-15(12-5-6-13(22)16(23)17(12)32-3)18(33-20(10,2)21(24,25)26)19(30)29-11-7-8-28-14(9-11)34(4,27)31/h5-10,15,18,27H,1-4H3,(H,28,29,30)/t10-,15-,18+,20+,34?/m1/s1. The molecule has 2 N–H and O–H groups in total. The molecule has 0 spiro atoms. The van der Waals surface area contributed by atoms with E-state index in [2.05, 4.69) is 10.3 Å². The second kappa shape index (κ2) is 8.77. The lowest BCUT2D eigenvalue weighted by molar-refractivity contribution is -0.272. The van der Waals surface area contributed by atoms with Crippen molar-refractivity contribution in [2.75, 3.05) is 18.7 Å². The van der Waals surface area contributed by atoms with Crippen LogP contribution in [0, 0.1) is 22.3 Å². The molecule has 34 heavy (non-hydrogen) atoms. The van der Waals surface area contributed by atoms with E-state index in [1.807, 2.05) is 0 Å². The Kier molecular flexibility index (Phi) is 6.66. The monoisotopic (exact) mass is 507 g/mol. The molecule has 1 aromatic carbocycles. The Hall–Kier alpha value is -2.80. The van der Waals surface area contributed by atoms with E-state index in [1.165, 1.54) is 19.2 Å². The van der Waals surface area contributed by atoms with Gasteiger partial charge in [0.1, 0.15) is 11.1 Å². The predicted octanol–water partition coefficient (Wildman–Crippen LogP) is 4.48. The minimum absolute atomic E-state index is 0.0182. The Bertz CT molecular complexity index is 1220. The van der Waals surface area contributed by atoms with Crippen LogP contribution in [0.25, 0.3) is 0 Å². The number of amides is 1. The fourth-order valence-corrected chi connectivity index (χ4v) is 4.57. The number of ether oxygens (including phenoxy) is 2. The van der Waals surface area contributed by atoms with Crippen molar-refractivity contribution in [1.82, 2.24) is 4.98 Å². The minimum atomic E-state index is -4.89. The first-order valence-electron chi connectivity index (χ1n) is 9.89. The second-order valence-corrected chi connectivity index (χ2v) is 10.3. The normalized spacial score (nSPS) is 26.7. The topological polar surface area (TPSA) is 101 Å². The summed E-state index contributed by atoms with van der Waals surface area (Å²) in [7, 11) is -2.21. The van der Waals surface area contributed by atoms with Crippen molar-refractivity contribution in [2.24, 2.45) is 5.92 Å². The lowest BCUT2D eigenvalue weighted by atomic mass is 9.77. The van der Waals surface area contributed by atoms with Crippen molar-refractivity contribution in [3.63, 3.8) is 0 Å². The number of nitrogens with zero attached hydrogens (tertiary/aromatic N) is 1. The molecule has 186 valence electrons. The number of nitrogens with one attached hydrogen (secondary N) is 2. The summed E-state index contributed by atoms with van der Waals surface area (Å²) in [4.78, 5) is 16.9. The number of aromatic nitrogens is 1. The number of alkyl halides is 3. The van der Waals surface area contributed by atoms with Gasteiger partial charge in [0.15, 0.2) is 17.2 Å². The van der Waals surface area contributed by atoms with Crippen molar-refractivity contribution in [1.29, 1.82) is 4.78 Å². The predicted molar refractivity (Wildman–Crippen MR) is 112 cm³/mol. The number of carbonyl (C=O) groups excluding carboxylic acids is 1. The van der Waals surface area contributed by atoms with Gasteiger partial charge in [-0.15, -0.1) is 0 Å². The Morgan fingerprint density at radius 1 is 1.29 bits per heavy atom. The van der Waals surface area contributed by atoms with Crippen LogP contribution in [-0.2, 0) is 19.3 Å². The summed E-state index contributed by atoms with van der Waals surface area (Å²) in [5.41, 5.74) is -2.94. The molecule has 1 saturated heterocycles. The maximum absolute atomic E-state index is 14.4. The zero-order valence-electron chi connectivity index (χ0n) is 18.5. The van der Waals surface area contributed by atoms with E-state index in [1.54, 1.807) is 0 Å². The number of rotatable bonds is 5. The van der Waals surface area contributed by atoms with Crippen LogP contribution in [0.2, 0.25) is 0 Å². The molecule has 1 aromatic heterocycles. The van der Waals surface area contributed by atoms with Crippen molar-refractivity contribution in [3.05, 3.63) is 47.7 Å². The van der Waals surface area contributed by atoms with E-state index < -0.39 is 62.7 Å². The maximum atomic E-state index is 14.4. The average molecular weight is 507 g/mol. The highest BCUT2D eigenvalue weighted by Crippen LogP contribution is 2.55. The third kappa shape index (κ3) is 4.45. The van der Waals surface area contributed by atoms with Crippen LogP contribution in [-0.4, -0.2) is 46.3 Å². The van der Waals surface area contributed by atoms with Gasteiger partial charge in [-0.3, -0.25) is 4.79 Å². The number of anilines is 1. The van der Waals surface area contributed by atoms with Crippen LogP contribution in [0.15, 0.2) is 35.5 Å². The molecule has 0 saturated carbocycles. The van der Waals surface area contributed by atoms with Gasteiger partial charge < -0.3 is 14.8 Å². The Balaban J connectivity index is 2.08. The van der Waals surface area contributed by atoms with E-state index >= 15 is 0 Å². The van der Waals surface area contributed by atoms with Crippen molar-refractivity contribution < 1.29 is 40.4 Å². The first kappa shape index (κ1) is 25.8. The summed E-state index contributed by atoms with van der Waals surface area (Å²) in [5, 5.41) is 2.23. The fraction of sp³-hybridized carbons (Fsp3) is 0.429. The molecule has 2 aromatic rings. The SMILES string of the molecule is COc1c([C@@H]2[C@@H](C(=O)Nc3ccnc(S(C)(=N)=O)c3)O[C@](C)(C(F)(F)F)[C@@H]2C)ccc(F)c1F. The summed E-state index contributed by atoms with van der Waals surface area (Å²) in [5.74, 6) is -7.09. The molecule has 1 aliphatic heterocycles. The molecule has 3 rings (SSSR count). The second-order valence-electron chi connectivity index (χ2n) is 8.16. The smallest absolute Gasteiger partial charge is 0.417 e. The molecule has 1 unspecified atom stereocenters. The summed E-state index contributed by atoms with van der Waals surface area (Å²) >= 11 is 0. The van der Waals surface area contributed by atoms with Gasteiger partial charge in [-0.2, -0.15) is 17.6 Å². The van der Waals surface area contributed by atoms with Gasteiger partial charge in [0.05, 0.1) is 16.8 Å². The molecule has 1 aliphatic rings. The van der Waals surface area contributed by atoms with E-state index in [0.29, 0.717) is 0 Å². The molecule has 0 aliphatic carbocycles. The number of hydrogen-bond acceptors (Lipinski definition) is 6. The number of benzene rings is 1. The molecule has 1 amide bonds. The van der Waals surface area contributed by atoms with Gasteiger partial charge >= 0.3 is 6.18 Å². The molecule has 13 heteroatoms. The summed E-state index contributed by atoms with van der Waals surface area (Å²) in [6, 6.07) is 4.24. The number of halogens is 5. The van der Waals surface area contributed by atoms with Crippen LogP contribution in [0.3, 0.4) is 0 Å². The summed E-state index contributed by atoms with van der Waals surface area (Å²) < 4.78 is 99.8. The maximum Gasteiger partial charge on any atom is 0.417 e. The van der Waals surface area contributed by atoms with Gasteiger partial charge in [-0.25, -0.2) is 18.4 Å². The lowest BCUT2D eigenvalue weighted by Crippen LogP contribution is -2.47. The zero-order valence-corrected chi connectivity index (χ0v) is 19.3. The molecule has 1 fully saturated rings. The molecule has 7 nitrogen and oxygen atoms in total. The first-order valence-corrected chi connectivity index (χ1v) is 11.9. The Morgan fingerprint density at radius 3 is 2.50 bits per heavy atom. The Labute approximate surface area is 192 Å².